The van der Waals surface area contributed by atoms with E-state index in [0.29, 0.717) is 10.0 Å². The van der Waals surface area contributed by atoms with E-state index in [0.717, 1.165) is 24.8 Å². The van der Waals surface area contributed by atoms with Gasteiger partial charge in [0.2, 0.25) is 0 Å². The lowest BCUT2D eigenvalue weighted by atomic mass is 10.0. The van der Waals surface area contributed by atoms with Crippen LogP contribution in [0.4, 0.5) is 0 Å². The van der Waals surface area contributed by atoms with E-state index >= 15 is 0 Å². The third-order valence-electron chi connectivity index (χ3n) is 2.29. The van der Waals surface area contributed by atoms with Gasteiger partial charge in [-0.05, 0) is 37.0 Å². The molecule has 0 bridgehead atoms. The molecule has 2 N–H and O–H groups in total. The van der Waals surface area contributed by atoms with Crippen LogP contribution in [0.3, 0.4) is 0 Å². The molecule has 0 amide bonds. The summed E-state index contributed by atoms with van der Waals surface area (Å²) in [4.78, 5) is 0. The van der Waals surface area contributed by atoms with E-state index in [1.807, 2.05) is 18.2 Å². The third kappa shape index (κ3) is 3.86. The summed E-state index contributed by atoms with van der Waals surface area (Å²) in [7, 11) is 0. The average molecular weight is 244 g/mol. The molecule has 0 saturated heterocycles. The highest BCUT2D eigenvalue weighted by atomic mass is 35.5. The van der Waals surface area contributed by atoms with Crippen LogP contribution >= 0.6 is 23.2 Å². The maximum Gasteiger partial charge on any atom is 0.0468 e. The second-order valence-electron chi connectivity index (χ2n) is 3.49. The van der Waals surface area contributed by atoms with Gasteiger partial charge < -0.3 is 5.73 Å². The Morgan fingerprint density at radius 2 is 2.13 bits per heavy atom. The molecule has 1 nitrogen and oxygen atoms in total. The Bertz CT molecular complexity index is 336. The summed E-state index contributed by atoms with van der Waals surface area (Å²) in [5.74, 6) is 0. The van der Waals surface area contributed by atoms with Crippen molar-refractivity contribution in [3.05, 3.63) is 46.5 Å². The van der Waals surface area contributed by atoms with Crippen molar-refractivity contribution >= 4 is 23.2 Å². The van der Waals surface area contributed by atoms with Crippen LogP contribution in [0, 0.1) is 0 Å². The summed E-state index contributed by atoms with van der Waals surface area (Å²) in [5.41, 5.74) is 6.99. The van der Waals surface area contributed by atoms with Gasteiger partial charge in [0.1, 0.15) is 0 Å². The molecule has 1 unspecified atom stereocenters. The fraction of sp³-hybridized carbons (Fsp3) is 0.333. The zero-order chi connectivity index (χ0) is 11.3. The highest BCUT2D eigenvalue weighted by Gasteiger charge is 2.09. The molecular weight excluding hydrogens is 229 g/mol. The number of halogens is 2. The summed E-state index contributed by atoms with van der Waals surface area (Å²) >= 11 is 11.9. The van der Waals surface area contributed by atoms with E-state index < -0.39 is 0 Å². The van der Waals surface area contributed by atoms with Gasteiger partial charge >= 0.3 is 0 Å². The molecule has 0 heterocycles. The zero-order valence-electron chi connectivity index (χ0n) is 8.55. The van der Waals surface area contributed by atoms with Crippen molar-refractivity contribution in [1.29, 1.82) is 0 Å². The number of nitrogens with two attached hydrogens (primary N) is 1. The van der Waals surface area contributed by atoms with Gasteiger partial charge in [0.25, 0.3) is 0 Å². The highest BCUT2D eigenvalue weighted by molar-refractivity contribution is 6.35. The molecule has 0 saturated carbocycles. The molecule has 1 rings (SSSR count). The van der Waals surface area contributed by atoms with Gasteiger partial charge in [-0.3, -0.25) is 0 Å². The SMILES string of the molecule is C=CCCCC(N)c1ccc(Cl)cc1Cl. The molecule has 1 aromatic rings. The first kappa shape index (κ1) is 12.6. The van der Waals surface area contributed by atoms with Crippen molar-refractivity contribution in [2.75, 3.05) is 0 Å². The van der Waals surface area contributed by atoms with Gasteiger partial charge in [0.05, 0.1) is 0 Å². The van der Waals surface area contributed by atoms with Crippen molar-refractivity contribution in [2.45, 2.75) is 25.3 Å². The molecule has 0 radical (unpaired) electrons. The standard InChI is InChI=1S/C12H15Cl2N/c1-2-3-4-5-12(15)10-7-6-9(13)8-11(10)14/h2,6-8,12H,1,3-5,15H2. The van der Waals surface area contributed by atoms with Crippen molar-refractivity contribution in [3.63, 3.8) is 0 Å². The predicted molar refractivity (Wildman–Crippen MR) is 67.4 cm³/mol. The Labute approximate surface area is 101 Å². The molecule has 82 valence electrons. The molecule has 0 aliphatic heterocycles. The smallest absolute Gasteiger partial charge is 0.0468 e. The summed E-state index contributed by atoms with van der Waals surface area (Å²) in [5, 5.41) is 1.29. The molecule has 0 spiro atoms. The van der Waals surface area contributed by atoms with Crippen LogP contribution in [0.5, 0.6) is 0 Å². The van der Waals surface area contributed by atoms with Gasteiger partial charge in [-0.25, -0.2) is 0 Å². The van der Waals surface area contributed by atoms with Crippen molar-refractivity contribution < 1.29 is 0 Å². The second-order valence-corrected chi connectivity index (χ2v) is 4.34. The lowest BCUT2D eigenvalue weighted by Crippen LogP contribution is -2.10. The molecule has 0 fully saturated rings. The molecule has 1 aromatic carbocycles. The first-order valence-corrected chi connectivity index (χ1v) is 5.72. The van der Waals surface area contributed by atoms with Gasteiger partial charge in [-0.1, -0.05) is 35.3 Å². The quantitative estimate of drug-likeness (QED) is 0.604. The summed E-state index contributed by atoms with van der Waals surface area (Å²) in [6.07, 6.45) is 4.83. The average Bonchev–Trinajstić information content (AvgIpc) is 2.17. The van der Waals surface area contributed by atoms with Crippen LogP contribution in [0.25, 0.3) is 0 Å². The van der Waals surface area contributed by atoms with Crippen LogP contribution < -0.4 is 5.73 Å². The first-order valence-electron chi connectivity index (χ1n) is 4.96. The fourth-order valence-electron chi connectivity index (χ4n) is 1.44. The molecule has 3 heteroatoms. The van der Waals surface area contributed by atoms with Crippen molar-refractivity contribution in [3.8, 4) is 0 Å². The molecular formula is C12H15Cl2N. The van der Waals surface area contributed by atoms with E-state index in [9.17, 15) is 0 Å². The maximum absolute atomic E-state index is 6.05. The number of benzene rings is 1. The summed E-state index contributed by atoms with van der Waals surface area (Å²) < 4.78 is 0. The number of allylic oxidation sites excluding steroid dienone is 1. The molecule has 0 aliphatic carbocycles. The number of rotatable bonds is 5. The predicted octanol–water partition coefficient (Wildman–Crippen LogP) is 4.35. The maximum atomic E-state index is 6.05. The molecule has 0 aliphatic rings. The minimum Gasteiger partial charge on any atom is -0.324 e. The van der Waals surface area contributed by atoms with E-state index in [1.54, 1.807) is 6.07 Å². The Kier molecular flexibility index (Phi) is 5.16. The Hall–Kier alpha value is -0.500. The minimum atomic E-state index is -0.0188. The highest BCUT2D eigenvalue weighted by Crippen LogP contribution is 2.27. The van der Waals surface area contributed by atoms with E-state index in [4.69, 9.17) is 28.9 Å². The number of unbranched alkanes of at least 4 members (excludes halogenated alkanes) is 1. The largest absolute Gasteiger partial charge is 0.324 e. The summed E-state index contributed by atoms with van der Waals surface area (Å²) in [6, 6.07) is 5.42. The molecule has 1 atom stereocenters. The fourth-order valence-corrected chi connectivity index (χ4v) is 1.99. The van der Waals surface area contributed by atoms with Crippen LogP contribution in [-0.2, 0) is 0 Å². The monoisotopic (exact) mass is 243 g/mol. The normalized spacial score (nSPS) is 12.5. The van der Waals surface area contributed by atoms with Gasteiger partial charge in [0, 0.05) is 16.1 Å². The second kappa shape index (κ2) is 6.16. The van der Waals surface area contributed by atoms with Crippen LogP contribution in [0.2, 0.25) is 10.0 Å². The number of hydrogen-bond donors (Lipinski definition) is 1. The zero-order valence-corrected chi connectivity index (χ0v) is 10.1. The van der Waals surface area contributed by atoms with Gasteiger partial charge in [-0.2, -0.15) is 0 Å². The minimum absolute atomic E-state index is 0.0188. The van der Waals surface area contributed by atoms with E-state index in [1.165, 1.54) is 0 Å². The lowest BCUT2D eigenvalue weighted by molar-refractivity contribution is 0.617. The topological polar surface area (TPSA) is 26.0 Å². The van der Waals surface area contributed by atoms with Crippen LogP contribution in [0.15, 0.2) is 30.9 Å². The Balaban J connectivity index is 2.64. The lowest BCUT2D eigenvalue weighted by Gasteiger charge is -2.13. The van der Waals surface area contributed by atoms with E-state index in [-0.39, 0.29) is 6.04 Å². The molecule has 15 heavy (non-hydrogen) atoms. The van der Waals surface area contributed by atoms with Crippen molar-refractivity contribution in [2.24, 2.45) is 5.73 Å². The van der Waals surface area contributed by atoms with Gasteiger partial charge in [0.15, 0.2) is 0 Å². The van der Waals surface area contributed by atoms with Gasteiger partial charge in [-0.15, -0.1) is 6.58 Å². The Morgan fingerprint density at radius 1 is 1.40 bits per heavy atom. The first-order chi connectivity index (χ1) is 7.15. The van der Waals surface area contributed by atoms with Crippen molar-refractivity contribution in [1.82, 2.24) is 0 Å². The van der Waals surface area contributed by atoms with E-state index in [2.05, 4.69) is 6.58 Å². The molecule has 0 aromatic heterocycles. The Morgan fingerprint density at radius 3 is 2.73 bits per heavy atom. The third-order valence-corrected chi connectivity index (χ3v) is 2.85. The van der Waals surface area contributed by atoms with Crippen LogP contribution in [0.1, 0.15) is 30.9 Å². The van der Waals surface area contributed by atoms with Crippen LogP contribution in [-0.4, -0.2) is 0 Å². The number of hydrogen-bond acceptors (Lipinski definition) is 1. The summed E-state index contributed by atoms with van der Waals surface area (Å²) in [6.45, 7) is 3.68.